The first-order valence-electron chi connectivity index (χ1n) is 8.77. The molecule has 5 heteroatoms. The molecule has 1 aromatic carbocycles. The van der Waals surface area contributed by atoms with Crippen LogP contribution in [0.2, 0.25) is 0 Å². The van der Waals surface area contributed by atoms with Crippen LogP contribution >= 0.6 is 0 Å². The lowest BCUT2D eigenvalue weighted by Gasteiger charge is -2.28. The molecule has 24 heavy (non-hydrogen) atoms. The van der Waals surface area contributed by atoms with Crippen LogP contribution in [-0.4, -0.2) is 34.2 Å². The number of carboxylic acids is 1. The van der Waals surface area contributed by atoms with Crippen molar-refractivity contribution in [3.63, 3.8) is 0 Å². The van der Waals surface area contributed by atoms with Crippen molar-refractivity contribution in [2.45, 2.75) is 63.5 Å². The smallest absolute Gasteiger partial charge is 0.303 e. The molecule has 1 unspecified atom stereocenters. The predicted molar refractivity (Wildman–Crippen MR) is 91.5 cm³/mol. The number of aliphatic carboxylic acids is 1. The first kappa shape index (κ1) is 18.5. The lowest BCUT2D eigenvalue weighted by molar-refractivity contribution is -0.137. The van der Waals surface area contributed by atoms with Crippen LogP contribution in [0.4, 0.5) is 0 Å². The van der Waals surface area contributed by atoms with E-state index in [2.05, 4.69) is 5.32 Å². The summed E-state index contributed by atoms with van der Waals surface area (Å²) in [6.45, 7) is 0. The van der Waals surface area contributed by atoms with E-state index < -0.39 is 12.1 Å². The van der Waals surface area contributed by atoms with Gasteiger partial charge in [0.25, 0.3) is 0 Å². The monoisotopic (exact) mass is 333 g/mol. The molecule has 5 nitrogen and oxygen atoms in total. The number of nitrogens with one attached hydrogen (secondary N) is 1. The van der Waals surface area contributed by atoms with Crippen LogP contribution in [0.15, 0.2) is 30.3 Å². The lowest BCUT2D eigenvalue weighted by Crippen LogP contribution is -2.39. The summed E-state index contributed by atoms with van der Waals surface area (Å²) in [6.07, 6.45) is 4.71. The SMILES string of the molecule is O=C(O)CCC(Cc1ccccc1)NC(=O)C[C@@H]1CCCC[C@H]1O. The average molecular weight is 333 g/mol. The zero-order valence-electron chi connectivity index (χ0n) is 14.0. The van der Waals surface area contributed by atoms with Crippen LogP contribution in [-0.2, 0) is 16.0 Å². The van der Waals surface area contributed by atoms with E-state index >= 15 is 0 Å². The molecule has 0 saturated heterocycles. The number of carbonyl (C=O) groups excluding carboxylic acids is 1. The van der Waals surface area contributed by atoms with Crippen LogP contribution in [0.3, 0.4) is 0 Å². The molecule has 1 aliphatic rings. The molecule has 3 atom stereocenters. The van der Waals surface area contributed by atoms with Gasteiger partial charge < -0.3 is 15.5 Å². The Labute approximate surface area is 143 Å². The van der Waals surface area contributed by atoms with Gasteiger partial charge in [0.1, 0.15) is 0 Å². The highest BCUT2D eigenvalue weighted by atomic mass is 16.4. The molecule has 0 heterocycles. The number of aliphatic hydroxyl groups excluding tert-OH is 1. The summed E-state index contributed by atoms with van der Waals surface area (Å²) < 4.78 is 0. The number of amides is 1. The molecule has 1 aliphatic carbocycles. The van der Waals surface area contributed by atoms with Gasteiger partial charge in [-0.05, 0) is 37.2 Å². The van der Waals surface area contributed by atoms with E-state index in [1.165, 1.54) is 0 Å². The lowest BCUT2D eigenvalue weighted by atomic mass is 9.84. The first-order chi connectivity index (χ1) is 11.5. The summed E-state index contributed by atoms with van der Waals surface area (Å²) in [5, 5.41) is 21.9. The van der Waals surface area contributed by atoms with Crippen LogP contribution < -0.4 is 5.32 Å². The Hall–Kier alpha value is -1.88. The van der Waals surface area contributed by atoms with Gasteiger partial charge in [-0.3, -0.25) is 9.59 Å². The molecular formula is C19H27NO4. The molecule has 0 aliphatic heterocycles. The van der Waals surface area contributed by atoms with Crippen LogP contribution in [0.1, 0.15) is 50.5 Å². The predicted octanol–water partition coefficient (Wildman–Crippen LogP) is 2.52. The molecule has 1 saturated carbocycles. The summed E-state index contributed by atoms with van der Waals surface area (Å²) in [7, 11) is 0. The van der Waals surface area contributed by atoms with Gasteiger partial charge in [0.2, 0.25) is 5.91 Å². The third-order valence-electron chi connectivity index (χ3n) is 4.71. The van der Waals surface area contributed by atoms with Crippen molar-refractivity contribution in [1.82, 2.24) is 5.32 Å². The number of rotatable bonds is 8. The van der Waals surface area contributed by atoms with Crippen molar-refractivity contribution in [2.75, 3.05) is 0 Å². The van der Waals surface area contributed by atoms with Gasteiger partial charge in [0, 0.05) is 18.9 Å². The zero-order chi connectivity index (χ0) is 17.4. The van der Waals surface area contributed by atoms with Crippen molar-refractivity contribution in [1.29, 1.82) is 0 Å². The summed E-state index contributed by atoms with van der Waals surface area (Å²) in [4.78, 5) is 23.2. The molecule has 132 valence electrons. The quantitative estimate of drug-likeness (QED) is 0.682. The van der Waals surface area contributed by atoms with Crippen LogP contribution in [0, 0.1) is 5.92 Å². The highest BCUT2D eigenvalue weighted by Gasteiger charge is 2.26. The number of carboxylic acid groups (broad SMARTS) is 1. The third kappa shape index (κ3) is 6.32. The second kappa shape index (κ2) is 9.42. The molecule has 0 radical (unpaired) electrons. The molecule has 3 N–H and O–H groups in total. The Balaban J connectivity index is 1.90. The normalized spacial score (nSPS) is 21.9. The molecule has 1 amide bonds. The average Bonchev–Trinajstić information content (AvgIpc) is 2.56. The summed E-state index contributed by atoms with van der Waals surface area (Å²) >= 11 is 0. The molecule has 0 aromatic heterocycles. The van der Waals surface area contributed by atoms with E-state index in [1.54, 1.807) is 0 Å². The zero-order valence-corrected chi connectivity index (χ0v) is 14.0. The van der Waals surface area contributed by atoms with Gasteiger partial charge in [-0.25, -0.2) is 0 Å². The second-order valence-electron chi connectivity index (χ2n) is 6.70. The van der Waals surface area contributed by atoms with Crippen molar-refractivity contribution < 1.29 is 19.8 Å². The van der Waals surface area contributed by atoms with Crippen LogP contribution in [0.25, 0.3) is 0 Å². The number of hydrogen-bond acceptors (Lipinski definition) is 3. The van der Waals surface area contributed by atoms with Gasteiger partial charge in [-0.1, -0.05) is 43.2 Å². The fourth-order valence-electron chi connectivity index (χ4n) is 3.37. The van der Waals surface area contributed by atoms with E-state index in [4.69, 9.17) is 5.11 Å². The van der Waals surface area contributed by atoms with Crippen molar-refractivity contribution >= 4 is 11.9 Å². The second-order valence-corrected chi connectivity index (χ2v) is 6.70. The molecular weight excluding hydrogens is 306 g/mol. The van der Waals surface area contributed by atoms with Crippen molar-refractivity contribution in [2.24, 2.45) is 5.92 Å². The fraction of sp³-hybridized carbons (Fsp3) is 0.579. The van der Waals surface area contributed by atoms with E-state index in [1.807, 2.05) is 30.3 Å². The molecule has 1 aromatic rings. The Morgan fingerprint density at radius 1 is 1.17 bits per heavy atom. The number of benzene rings is 1. The van der Waals surface area contributed by atoms with Crippen molar-refractivity contribution in [3.05, 3.63) is 35.9 Å². The Morgan fingerprint density at radius 3 is 2.54 bits per heavy atom. The number of carbonyl (C=O) groups is 2. The fourth-order valence-corrected chi connectivity index (χ4v) is 3.37. The minimum absolute atomic E-state index is 0.0237. The maximum Gasteiger partial charge on any atom is 0.303 e. The molecule has 0 bridgehead atoms. The molecule has 0 spiro atoms. The Bertz CT molecular complexity index is 531. The van der Waals surface area contributed by atoms with Gasteiger partial charge in [-0.15, -0.1) is 0 Å². The number of hydrogen-bond donors (Lipinski definition) is 3. The first-order valence-corrected chi connectivity index (χ1v) is 8.77. The van der Waals surface area contributed by atoms with E-state index in [0.29, 0.717) is 19.3 Å². The minimum Gasteiger partial charge on any atom is -0.481 e. The summed E-state index contributed by atoms with van der Waals surface area (Å²) in [5.74, 6) is -0.923. The van der Waals surface area contributed by atoms with Gasteiger partial charge in [0.15, 0.2) is 0 Å². The maximum atomic E-state index is 12.3. The summed E-state index contributed by atoms with van der Waals surface area (Å²) in [6, 6.07) is 9.55. The maximum absolute atomic E-state index is 12.3. The number of aliphatic hydroxyl groups is 1. The Morgan fingerprint density at radius 2 is 1.88 bits per heavy atom. The highest BCUT2D eigenvalue weighted by molar-refractivity contribution is 5.76. The van der Waals surface area contributed by atoms with Gasteiger partial charge in [0.05, 0.1) is 6.10 Å². The minimum atomic E-state index is -0.856. The Kier molecular flexibility index (Phi) is 7.25. The topological polar surface area (TPSA) is 86.6 Å². The van der Waals surface area contributed by atoms with Crippen molar-refractivity contribution in [3.8, 4) is 0 Å². The van der Waals surface area contributed by atoms with E-state index in [0.717, 1.165) is 31.2 Å². The van der Waals surface area contributed by atoms with E-state index in [9.17, 15) is 14.7 Å². The highest BCUT2D eigenvalue weighted by Crippen LogP contribution is 2.27. The standard InChI is InChI=1S/C19H27NO4/c21-17-9-5-4-8-15(17)13-18(22)20-16(10-11-19(23)24)12-14-6-2-1-3-7-14/h1-3,6-7,15-17,21H,4-5,8-13H2,(H,20,22)(H,23,24)/t15-,16?,17+/m0/s1. The van der Waals surface area contributed by atoms with Crippen LogP contribution in [0.5, 0.6) is 0 Å². The van der Waals surface area contributed by atoms with Gasteiger partial charge in [-0.2, -0.15) is 0 Å². The molecule has 1 fully saturated rings. The third-order valence-corrected chi connectivity index (χ3v) is 4.71. The molecule has 2 rings (SSSR count). The van der Waals surface area contributed by atoms with E-state index in [-0.39, 0.29) is 24.3 Å². The van der Waals surface area contributed by atoms with Gasteiger partial charge >= 0.3 is 5.97 Å². The summed E-state index contributed by atoms with van der Waals surface area (Å²) in [5.41, 5.74) is 1.07. The largest absolute Gasteiger partial charge is 0.481 e.